The first-order valence-electron chi connectivity index (χ1n) is 6.91. The van der Waals surface area contributed by atoms with Gasteiger partial charge in [0.05, 0.1) is 6.21 Å². The Kier molecular flexibility index (Phi) is 6.68. The summed E-state index contributed by atoms with van der Waals surface area (Å²) in [7, 11) is 0. The van der Waals surface area contributed by atoms with E-state index in [1.54, 1.807) is 18.0 Å². The fourth-order valence-electron chi connectivity index (χ4n) is 1.71. The molecule has 0 aliphatic rings. The largest absolute Gasteiger partial charge is 0.273 e. The molecule has 2 aromatic carbocycles. The highest BCUT2D eigenvalue weighted by Gasteiger charge is 2.01. The molecule has 0 heterocycles. The molecule has 22 heavy (non-hydrogen) atoms. The Morgan fingerprint density at radius 1 is 1.23 bits per heavy atom. The van der Waals surface area contributed by atoms with E-state index >= 15 is 0 Å². The van der Waals surface area contributed by atoms with Crippen LogP contribution in [0.3, 0.4) is 0 Å². The lowest BCUT2D eigenvalue weighted by Crippen LogP contribution is -2.17. The number of benzene rings is 2. The number of nitrogens with zero attached hydrogens (tertiary/aromatic N) is 1. The summed E-state index contributed by atoms with van der Waals surface area (Å²) in [6, 6.07) is 16.0. The molecule has 0 atom stereocenters. The maximum absolute atomic E-state index is 11.7. The first-order valence-corrected chi connectivity index (χ1v) is 8.69. The minimum atomic E-state index is -0.0806. The molecule has 2 rings (SSSR count). The lowest BCUT2D eigenvalue weighted by Gasteiger charge is -2.02. The third-order valence-electron chi connectivity index (χ3n) is 2.92. The third-order valence-corrected chi connectivity index (χ3v) is 4.65. The van der Waals surface area contributed by atoms with Gasteiger partial charge in [0, 0.05) is 27.1 Å². The molecule has 114 valence electrons. The number of nitrogens with one attached hydrogen (secondary N) is 1. The van der Waals surface area contributed by atoms with Crippen molar-refractivity contribution in [2.45, 2.75) is 18.2 Å². The van der Waals surface area contributed by atoms with E-state index in [1.807, 2.05) is 24.3 Å². The molecular formula is C17H17BrN2OS. The fraction of sp³-hybridized carbons (Fsp3) is 0.176. The van der Waals surface area contributed by atoms with Gasteiger partial charge in [0.25, 0.3) is 0 Å². The molecule has 2 aromatic rings. The monoisotopic (exact) mass is 376 g/mol. The molecule has 0 saturated heterocycles. The van der Waals surface area contributed by atoms with E-state index in [0.717, 1.165) is 15.8 Å². The van der Waals surface area contributed by atoms with E-state index in [2.05, 4.69) is 57.6 Å². The Labute approximate surface area is 143 Å². The zero-order chi connectivity index (χ0) is 15.8. The topological polar surface area (TPSA) is 41.5 Å². The van der Waals surface area contributed by atoms with Gasteiger partial charge in [-0.15, -0.1) is 11.8 Å². The van der Waals surface area contributed by atoms with Gasteiger partial charge in [0.1, 0.15) is 0 Å². The van der Waals surface area contributed by atoms with E-state index < -0.39 is 0 Å². The van der Waals surface area contributed by atoms with Crippen LogP contribution in [0.1, 0.15) is 17.5 Å². The number of carbonyl (C=O) groups excluding carboxylic acids is 1. The predicted molar refractivity (Wildman–Crippen MR) is 96.4 cm³/mol. The van der Waals surface area contributed by atoms with E-state index in [-0.39, 0.29) is 5.91 Å². The van der Waals surface area contributed by atoms with Crippen LogP contribution in [-0.2, 0) is 4.79 Å². The zero-order valence-electron chi connectivity index (χ0n) is 12.3. The van der Waals surface area contributed by atoms with Crippen molar-refractivity contribution >= 4 is 39.8 Å². The zero-order valence-corrected chi connectivity index (χ0v) is 14.7. The van der Waals surface area contributed by atoms with Gasteiger partial charge in [-0.25, -0.2) is 5.43 Å². The Hall–Kier alpha value is -1.59. The number of amides is 1. The molecule has 0 bridgehead atoms. The molecule has 0 aliphatic heterocycles. The third kappa shape index (κ3) is 5.66. The van der Waals surface area contributed by atoms with Gasteiger partial charge in [-0.3, -0.25) is 4.79 Å². The van der Waals surface area contributed by atoms with Crippen molar-refractivity contribution in [3.63, 3.8) is 0 Å². The van der Waals surface area contributed by atoms with Crippen LogP contribution in [-0.4, -0.2) is 17.9 Å². The molecule has 0 aliphatic carbocycles. The summed E-state index contributed by atoms with van der Waals surface area (Å²) in [5.74, 6) is 0.655. The van der Waals surface area contributed by atoms with Crippen LogP contribution in [0.2, 0.25) is 0 Å². The van der Waals surface area contributed by atoms with Crippen molar-refractivity contribution in [2.24, 2.45) is 5.10 Å². The quantitative estimate of drug-likeness (QED) is 0.461. The first-order chi connectivity index (χ1) is 10.6. The van der Waals surface area contributed by atoms with Gasteiger partial charge in [-0.2, -0.15) is 5.10 Å². The highest BCUT2D eigenvalue weighted by Crippen LogP contribution is 2.18. The van der Waals surface area contributed by atoms with Crippen molar-refractivity contribution < 1.29 is 4.79 Å². The van der Waals surface area contributed by atoms with Gasteiger partial charge in [-0.05, 0) is 25.1 Å². The van der Waals surface area contributed by atoms with Crippen LogP contribution in [0.25, 0.3) is 0 Å². The minimum Gasteiger partial charge on any atom is -0.273 e. The van der Waals surface area contributed by atoms with Gasteiger partial charge in [-0.1, -0.05) is 51.8 Å². The summed E-state index contributed by atoms with van der Waals surface area (Å²) in [5, 5.41) is 3.98. The van der Waals surface area contributed by atoms with Crippen molar-refractivity contribution in [3.8, 4) is 0 Å². The van der Waals surface area contributed by atoms with Crippen molar-refractivity contribution in [2.75, 3.05) is 5.75 Å². The molecule has 1 N–H and O–H groups in total. The van der Waals surface area contributed by atoms with Crippen molar-refractivity contribution in [3.05, 3.63) is 64.1 Å². The minimum absolute atomic E-state index is 0.0806. The van der Waals surface area contributed by atoms with Crippen LogP contribution in [0.4, 0.5) is 0 Å². The van der Waals surface area contributed by atoms with E-state index in [1.165, 1.54) is 10.5 Å². The smallest absolute Gasteiger partial charge is 0.240 e. The second kappa shape index (κ2) is 8.76. The lowest BCUT2D eigenvalue weighted by atomic mass is 10.2. The standard InChI is InChI=1S/C17H17BrN2OS/c1-13-6-8-15(9-7-13)22-11-10-17(21)20-19-12-14-4-2-3-5-16(14)18/h2-9,12H,10-11H2,1H3,(H,20,21)/b19-12+. The number of hydrogen-bond acceptors (Lipinski definition) is 3. The maximum Gasteiger partial charge on any atom is 0.240 e. The average molecular weight is 377 g/mol. The normalized spacial score (nSPS) is 10.8. The Morgan fingerprint density at radius 3 is 2.68 bits per heavy atom. The van der Waals surface area contributed by atoms with Crippen LogP contribution >= 0.6 is 27.7 Å². The average Bonchev–Trinajstić information content (AvgIpc) is 2.51. The molecule has 5 heteroatoms. The molecule has 0 radical (unpaired) electrons. The summed E-state index contributed by atoms with van der Waals surface area (Å²) >= 11 is 5.10. The van der Waals surface area contributed by atoms with Gasteiger partial charge in [0.2, 0.25) is 5.91 Å². The SMILES string of the molecule is Cc1ccc(SCCC(=O)N/N=C/c2ccccc2Br)cc1. The van der Waals surface area contributed by atoms with Crippen LogP contribution in [0.5, 0.6) is 0 Å². The predicted octanol–water partition coefficient (Wildman–Crippen LogP) is 4.39. The Morgan fingerprint density at radius 2 is 1.95 bits per heavy atom. The number of rotatable bonds is 6. The fourth-order valence-corrected chi connectivity index (χ4v) is 2.94. The van der Waals surface area contributed by atoms with Gasteiger partial charge >= 0.3 is 0 Å². The molecule has 0 unspecified atom stereocenters. The van der Waals surface area contributed by atoms with Crippen molar-refractivity contribution in [1.29, 1.82) is 0 Å². The molecule has 0 saturated carbocycles. The molecule has 3 nitrogen and oxygen atoms in total. The first kappa shape index (κ1) is 16.8. The lowest BCUT2D eigenvalue weighted by molar-refractivity contribution is -0.120. The number of carbonyl (C=O) groups is 1. The summed E-state index contributed by atoms with van der Waals surface area (Å²) in [5.41, 5.74) is 4.72. The number of thioether (sulfide) groups is 1. The molecule has 1 amide bonds. The van der Waals surface area contributed by atoms with E-state index in [0.29, 0.717) is 6.42 Å². The second-order valence-corrected chi connectivity index (χ2v) is 6.75. The maximum atomic E-state index is 11.7. The highest BCUT2D eigenvalue weighted by molar-refractivity contribution is 9.10. The van der Waals surface area contributed by atoms with Gasteiger partial charge in [0.15, 0.2) is 0 Å². The highest BCUT2D eigenvalue weighted by atomic mass is 79.9. The summed E-state index contributed by atoms with van der Waals surface area (Å²) in [6.07, 6.45) is 2.07. The van der Waals surface area contributed by atoms with E-state index in [4.69, 9.17) is 0 Å². The second-order valence-electron chi connectivity index (χ2n) is 4.73. The van der Waals surface area contributed by atoms with E-state index in [9.17, 15) is 4.79 Å². The Bertz CT molecular complexity index is 656. The van der Waals surface area contributed by atoms with Crippen LogP contribution in [0, 0.1) is 6.92 Å². The van der Waals surface area contributed by atoms with Crippen LogP contribution < -0.4 is 5.43 Å². The number of hydrazone groups is 1. The number of aryl methyl sites for hydroxylation is 1. The Balaban J connectivity index is 1.72. The number of halogens is 1. The molecular weight excluding hydrogens is 360 g/mol. The van der Waals surface area contributed by atoms with Crippen LogP contribution in [0.15, 0.2) is 63.0 Å². The summed E-state index contributed by atoms with van der Waals surface area (Å²) in [6.45, 7) is 2.06. The van der Waals surface area contributed by atoms with Gasteiger partial charge < -0.3 is 0 Å². The molecule has 0 spiro atoms. The molecule has 0 aromatic heterocycles. The number of hydrogen-bond donors (Lipinski definition) is 1. The summed E-state index contributed by atoms with van der Waals surface area (Å²) in [4.78, 5) is 12.9. The summed E-state index contributed by atoms with van der Waals surface area (Å²) < 4.78 is 0.947. The van der Waals surface area contributed by atoms with Crippen molar-refractivity contribution in [1.82, 2.24) is 5.43 Å². The molecule has 0 fully saturated rings.